The lowest BCUT2D eigenvalue weighted by atomic mass is 9.76. The Morgan fingerprint density at radius 2 is 2.06 bits per heavy atom. The van der Waals surface area contributed by atoms with Crippen LogP contribution in [0.25, 0.3) is 0 Å². The molecular formula is C13H20N2O2. The lowest BCUT2D eigenvalue weighted by Gasteiger charge is -2.28. The number of carbonyl (C=O) groups is 1. The van der Waals surface area contributed by atoms with E-state index in [0.29, 0.717) is 17.9 Å². The Kier molecular flexibility index (Phi) is 4.63. The molecule has 17 heavy (non-hydrogen) atoms. The van der Waals surface area contributed by atoms with Crippen LogP contribution in [0.4, 0.5) is 0 Å². The van der Waals surface area contributed by atoms with Crippen LogP contribution >= 0.6 is 0 Å². The molecule has 0 atom stereocenters. The predicted molar refractivity (Wildman–Crippen MR) is 67.2 cm³/mol. The molecule has 0 saturated carbocycles. The Morgan fingerprint density at radius 3 is 2.53 bits per heavy atom. The summed E-state index contributed by atoms with van der Waals surface area (Å²) in [6.07, 6.45) is 4.62. The van der Waals surface area contributed by atoms with Gasteiger partial charge in [-0.15, -0.1) is 0 Å². The van der Waals surface area contributed by atoms with E-state index in [1.807, 2.05) is 13.8 Å². The summed E-state index contributed by atoms with van der Waals surface area (Å²) in [6.45, 7) is 4.33. The number of hydrogen-bond donors (Lipinski definition) is 1. The number of methoxy groups -OCH3 is 1. The van der Waals surface area contributed by atoms with Gasteiger partial charge in [0, 0.05) is 23.7 Å². The van der Waals surface area contributed by atoms with Gasteiger partial charge in [0.15, 0.2) is 5.78 Å². The molecular weight excluding hydrogens is 216 g/mol. The highest BCUT2D eigenvalue weighted by Crippen LogP contribution is 2.30. The molecule has 0 spiro atoms. The number of pyridine rings is 1. The first-order valence-electron chi connectivity index (χ1n) is 5.87. The van der Waals surface area contributed by atoms with E-state index in [1.54, 1.807) is 25.6 Å². The molecule has 0 unspecified atom stereocenters. The third-order valence-electron chi connectivity index (χ3n) is 3.44. The molecule has 94 valence electrons. The summed E-state index contributed by atoms with van der Waals surface area (Å²) in [6, 6.07) is 1.71. The normalized spacial score (nSPS) is 11.3. The van der Waals surface area contributed by atoms with Crippen LogP contribution in [0.5, 0.6) is 5.75 Å². The minimum Gasteiger partial charge on any atom is -0.495 e. The maximum atomic E-state index is 12.5. The standard InChI is InChI=1S/C13H20N2O2/c1-4-13(5-2,9-14)12(16)10-6-11(17-3)8-15-7-10/h6-8H,4-5,9,14H2,1-3H3. The molecule has 1 aromatic heterocycles. The molecule has 0 radical (unpaired) electrons. The Balaban J connectivity index is 3.09. The van der Waals surface area contributed by atoms with Gasteiger partial charge in [0.25, 0.3) is 0 Å². The van der Waals surface area contributed by atoms with E-state index in [2.05, 4.69) is 4.98 Å². The van der Waals surface area contributed by atoms with Crippen LogP contribution in [0.1, 0.15) is 37.0 Å². The summed E-state index contributed by atoms with van der Waals surface area (Å²) in [4.78, 5) is 16.5. The van der Waals surface area contributed by atoms with Crippen LogP contribution in [0.2, 0.25) is 0 Å². The van der Waals surface area contributed by atoms with Crippen molar-refractivity contribution in [1.29, 1.82) is 0 Å². The van der Waals surface area contributed by atoms with Gasteiger partial charge in [0.05, 0.1) is 13.3 Å². The molecule has 1 rings (SSSR count). The van der Waals surface area contributed by atoms with Crippen LogP contribution in [0, 0.1) is 5.41 Å². The van der Waals surface area contributed by atoms with E-state index in [1.165, 1.54) is 0 Å². The number of nitrogens with zero attached hydrogens (tertiary/aromatic N) is 1. The zero-order valence-electron chi connectivity index (χ0n) is 10.7. The molecule has 0 aliphatic carbocycles. The second-order valence-corrected chi connectivity index (χ2v) is 4.13. The van der Waals surface area contributed by atoms with Gasteiger partial charge in [-0.3, -0.25) is 9.78 Å². The summed E-state index contributed by atoms with van der Waals surface area (Å²) < 4.78 is 5.07. The predicted octanol–water partition coefficient (Wildman–Crippen LogP) is 2.04. The van der Waals surface area contributed by atoms with E-state index in [-0.39, 0.29) is 5.78 Å². The molecule has 0 saturated heterocycles. The summed E-state index contributed by atoms with van der Waals surface area (Å²) in [5.41, 5.74) is 5.86. The molecule has 0 fully saturated rings. The highest BCUT2D eigenvalue weighted by Gasteiger charge is 2.34. The van der Waals surface area contributed by atoms with Crippen LogP contribution in [-0.2, 0) is 0 Å². The third kappa shape index (κ3) is 2.64. The first-order valence-corrected chi connectivity index (χ1v) is 5.87. The van der Waals surface area contributed by atoms with Gasteiger partial charge in [-0.2, -0.15) is 0 Å². The van der Waals surface area contributed by atoms with Gasteiger partial charge in [0.2, 0.25) is 0 Å². The molecule has 0 aliphatic heterocycles. The van der Waals surface area contributed by atoms with Crippen molar-refractivity contribution in [2.45, 2.75) is 26.7 Å². The van der Waals surface area contributed by atoms with Crippen molar-refractivity contribution >= 4 is 5.78 Å². The lowest BCUT2D eigenvalue weighted by Crippen LogP contribution is -2.37. The highest BCUT2D eigenvalue weighted by molar-refractivity contribution is 6.00. The SMILES string of the molecule is CCC(CC)(CN)C(=O)c1cncc(OC)c1. The Morgan fingerprint density at radius 1 is 1.41 bits per heavy atom. The van der Waals surface area contributed by atoms with Crippen molar-refractivity contribution in [3.05, 3.63) is 24.0 Å². The number of rotatable bonds is 6. The van der Waals surface area contributed by atoms with E-state index in [9.17, 15) is 4.79 Å². The molecule has 4 nitrogen and oxygen atoms in total. The zero-order chi connectivity index (χ0) is 12.9. The van der Waals surface area contributed by atoms with Crippen molar-refractivity contribution in [3.63, 3.8) is 0 Å². The average Bonchev–Trinajstić information content (AvgIpc) is 2.41. The van der Waals surface area contributed by atoms with Gasteiger partial charge in [0.1, 0.15) is 5.75 Å². The molecule has 1 heterocycles. The number of ether oxygens (including phenoxy) is 1. The maximum absolute atomic E-state index is 12.5. The van der Waals surface area contributed by atoms with Crippen molar-refractivity contribution in [2.24, 2.45) is 11.1 Å². The van der Waals surface area contributed by atoms with Gasteiger partial charge in [-0.1, -0.05) is 13.8 Å². The average molecular weight is 236 g/mol. The topological polar surface area (TPSA) is 65.2 Å². The van der Waals surface area contributed by atoms with E-state index in [0.717, 1.165) is 12.8 Å². The first-order chi connectivity index (χ1) is 8.13. The second kappa shape index (κ2) is 5.77. The van der Waals surface area contributed by atoms with Gasteiger partial charge < -0.3 is 10.5 Å². The summed E-state index contributed by atoms with van der Waals surface area (Å²) in [5.74, 6) is 0.644. The van der Waals surface area contributed by atoms with Gasteiger partial charge in [-0.05, 0) is 18.9 Å². The number of Topliss-reactive ketones (excluding diaryl/α,β-unsaturated/α-hetero) is 1. The van der Waals surface area contributed by atoms with Crippen molar-refractivity contribution in [2.75, 3.05) is 13.7 Å². The molecule has 0 aromatic carbocycles. The fourth-order valence-electron chi connectivity index (χ4n) is 1.91. The number of aromatic nitrogens is 1. The van der Waals surface area contributed by atoms with E-state index < -0.39 is 5.41 Å². The Hall–Kier alpha value is -1.42. The molecule has 0 aliphatic rings. The minimum absolute atomic E-state index is 0.0522. The van der Waals surface area contributed by atoms with Gasteiger partial charge in [-0.25, -0.2) is 0 Å². The smallest absolute Gasteiger partial charge is 0.171 e. The van der Waals surface area contributed by atoms with Gasteiger partial charge >= 0.3 is 0 Å². The zero-order valence-corrected chi connectivity index (χ0v) is 10.7. The molecule has 1 aromatic rings. The first kappa shape index (κ1) is 13.6. The number of ketones is 1. The third-order valence-corrected chi connectivity index (χ3v) is 3.44. The van der Waals surface area contributed by atoms with Crippen molar-refractivity contribution in [3.8, 4) is 5.75 Å². The molecule has 0 amide bonds. The van der Waals surface area contributed by atoms with Crippen LogP contribution in [0.3, 0.4) is 0 Å². The number of hydrogen-bond acceptors (Lipinski definition) is 4. The Labute approximate surface area is 102 Å². The summed E-state index contributed by atoms with van der Waals surface area (Å²) in [5, 5.41) is 0. The maximum Gasteiger partial charge on any atom is 0.171 e. The van der Waals surface area contributed by atoms with Crippen LogP contribution in [-0.4, -0.2) is 24.4 Å². The van der Waals surface area contributed by atoms with E-state index in [4.69, 9.17) is 10.5 Å². The molecule has 0 bridgehead atoms. The fraction of sp³-hybridized carbons (Fsp3) is 0.538. The molecule has 4 heteroatoms. The molecule has 2 N–H and O–H groups in total. The summed E-state index contributed by atoms with van der Waals surface area (Å²) >= 11 is 0. The fourth-order valence-corrected chi connectivity index (χ4v) is 1.91. The number of nitrogens with two attached hydrogens (primary N) is 1. The minimum atomic E-state index is -0.478. The second-order valence-electron chi connectivity index (χ2n) is 4.13. The van der Waals surface area contributed by atoms with Crippen molar-refractivity contribution in [1.82, 2.24) is 4.98 Å². The lowest BCUT2D eigenvalue weighted by molar-refractivity contribution is 0.0786. The van der Waals surface area contributed by atoms with Crippen molar-refractivity contribution < 1.29 is 9.53 Å². The summed E-state index contributed by atoms with van der Waals surface area (Å²) in [7, 11) is 1.56. The largest absolute Gasteiger partial charge is 0.495 e. The van der Waals surface area contributed by atoms with E-state index >= 15 is 0 Å². The Bertz CT molecular complexity index is 378. The quantitative estimate of drug-likeness (QED) is 0.768. The van der Waals surface area contributed by atoms with Crippen LogP contribution in [0.15, 0.2) is 18.5 Å². The van der Waals surface area contributed by atoms with Crippen LogP contribution < -0.4 is 10.5 Å². The number of carbonyl (C=O) groups excluding carboxylic acids is 1. The monoisotopic (exact) mass is 236 g/mol. The highest BCUT2D eigenvalue weighted by atomic mass is 16.5.